The number of rotatable bonds is 2. The van der Waals surface area contributed by atoms with Crippen molar-refractivity contribution in [1.82, 2.24) is 5.48 Å². The van der Waals surface area contributed by atoms with Crippen molar-refractivity contribution in [2.45, 2.75) is 0 Å². The van der Waals surface area contributed by atoms with Gasteiger partial charge in [-0.3, -0.25) is 0 Å². The Morgan fingerprint density at radius 2 is 1.92 bits per heavy atom. The van der Waals surface area contributed by atoms with E-state index in [1.807, 2.05) is 0 Å². The van der Waals surface area contributed by atoms with Gasteiger partial charge in [-0.1, -0.05) is 0 Å². The number of urea groups is 1. The van der Waals surface area contributed by atoms with Gasteiger partial charge in [-0.05, 0) is 0 Å². The van der Waals surface area contributed by atoms with Gasteiger partial charge in [-0.2, -0.15) is 5.48 Å². The minimum absolute atomic E-state index is 0.561. The number of carbonyl (C=O) groups excluding carboxylic acids is 2. The maximum atomic E-state index is 10.4. The molecule has 0 rings (SSSR count). The first-order valence-corrected chi connectivity index (χ1v) is 2.69. The van der Waals surface area contributed by atoms with E-state index in [0.717, 1.165) is 0 Å². The van der Waals surface area contributed by atoms with Gasteiger partial charge in [0.2, 0.25) is 0 Å². The number of carboxylic acid groups (broad SMARTS) is 1. The number of nitrogens with two attached hydrogens (primary N) is 1. The highest BCUT2D eigenvalue weighted by Gasteiger charge is 1.99. The Morgan fingerprint density at radius 1 is 1.33 bits per heavy atom. The van der Waals surface area contributed by atoms with Crippen molar-refractivity contribution in [3.8, 4) is 0 Å². The van der Waals surface area contributed by atoms with Crippen molar-refractivity contribution >= 4 is 18.0 Å². The molecule has 0 bridgehead atoms. The van der Waals surface area contributed by atoms with E-state index in [2.05, 4.69) is 10.6 Å². The molecule has 0 spiro atoms. The lowest BCUT2D eigenvalue weighted by atomic mass is 10.5. The largest absolute Gasteiger partial charge is 0.478 e. The highest BCUT2D eigenvalue weighted by atomic mass is 16.7. The highest BCUT2D eigenvalue weighted by molar-refractivity contribution is 5.91. The van der Waals surface area contributed by atoms with Gasteiger partial charge in [0.05, 0.1) is 0 Å². The summed E-state index contributed by atoms with van der Waals surface area (Å²) in [6, 6.07) is -1.05. The summed E-state index contributed by atoms with van der Waals surface area (Å²) in [6.45, 7) is 0. The summed E-state index contributed by atoms with van der Waals surface area (Å²) >= 11 is 0. The molecule has 7 heteroatoms. The van der Waals surface area contributed by atoms with E-state index in [4.69, 9.17) is 5.11 Å². The van der Waals surface area contributed by atoms with Crippen LogP contribution in [0.15, 0.2) is 12.2 Å². The monoisotopic (exact) mass is 174 g/mol. The second kappa shape index (κ2) is 4.72. The molecule has 0 unspecified atom stereocenters. The van der Waals surface area contributed by atoms with Crippen LogP contribution in [0.4, 0.5) is 4.79 Å². The van der Waals surface area contributed by atoms with Crippen molar-refractivity contribution < 1.29 is 24.3 Å². The average Bonchev–Trinajstić information content (AvgIpc) is 1.96. The molecule has 0 aliphatic heterocycles. The molecule has 0 fully saturated rings. The summed E-state index contributed by atoms with van der Waals surface area (Å²) in [5.74, 6) is -2.33. The van der Waals surface area contributed by atoms with Crippen molar-refractivity contribution in [2.24, 2.45) is 5.73 Å². The molecule has 66 valence electrons. The number of carboxylic acids is 1. The summed E-state index contributed by atoms with van der Waals surface area (Å²) in [7, 11) is 0. The molecule has 0 atom stereocenters. The molecule has 12 heavy (non-hydrogen) atoms. The number of carbonyl (C=O) groups is 3. The zero-order valence-corrected chi connectivity index (χ0v) is 5.81. The lowest BCUT2D eigenvalue weighted by Gasteiger charge is -1.97. The van der Waals surface area contributed by atoms with Crippen molar-refractivity contribution in [1.29, 1.82) is 0 Å². The second-order valence-electron chi connectivity index (χ2n) is 1.56. The lowest BCUT2D eigenvalue weighted by Crippen LogP contribution is -2.31. The fourth-order valence-corrected chi connectivity index (χ4v) is 0.274. The standard InChI is InChI=1S/C5H6N2O5/c6-5(11)7-12-4(10)2-1-3(8)9/h1-2H,(H,8,9)(H3,6,7,11)/b2-1-. The van der Waals surface area contributed by atoms with Crippen LogP contribution in [-0.2, 0) is 14.4 Å². The number of hydrogen-bond acceptors (Lipinski definition) is 4. The first-order chi connectivity index (χ1) is 5.52. The Morgan fingerprint density at radius 3 is 2.33 bits per heavy atom. The van der Waals surface area contributed by atoms with Crippen LogP contribution in [0.25, 0.3) is 0 Å². The normalized spacial score (nSPS) is 9.33. The summed E-state index contributed by atoms with van der Waals surface area (Å²) in [5, 5.41) is 8.03. The van der Waals surface area contributed by atoms with E-state index in [9.17, 15) is 14.4 Å². The van der Waals surface area contributed by atoms with Crippen LogP contribution in [0, 0.1) is 0 Å². The van der Waals surface area contributed by atoms with Gasteiger partial charge < -0.3 is 15.7 Å². The quantitative estimate of drug-likeness (QED) is 0.357. The van der Waals surface area contributed by atoms with Crippen LogP contribution in [0.2, 0.25) is 0 Å². The smallest absolute Gasteiger partial charge is 0.356 e. The molecule has 2 amide bonds. The molecule has 0 saturated heterocycles. The van der Waals surface area contributed by atoms with Crippen LogP contribution in [0.5, 0.6) is 0 Å². The third-order valence-electron chi connectivity index (χ3n) is 0.614. The van der Waals surface area contributed by atoms with Gasteiger partial charge in [0.15, 0.2) is 0 Å². The van der Waals surface area contributed by atoms with Crippen LogP contribution >= 0.6 is 0 Å². The Labute approximate surface area is 66.7 Å². The summed E-state index contributed by atoms with van der Waals surface area (Å²) in [6.07, 6.45) is 1.18. The van der Waals surface area contributed by atoms with Gasteiger partial charge >= 0.3 is 18.0 Å². The zero-order chi connectivity index (χ0) is 9.56. The van der Waals surface area contributed by atoms with Crippen LogP contribution in [0.3, 0.4) is 0 Å². The maximum Gasteiger partial charge on any atom is 0.356 e. The molecule has 4 N–H and O–H groups in total. The second-order valence-corrected chi connectivity index (χ2v) is 1.56. The first kappa shape index (κ1) is 9.95. The van der Waals surface area contributed by atoms with E-state index in [1.54, 1.807) is 0 Å². The predicted molar refractivity (Wildman–Crippen MR) is 35.6 cm³/mol. The third kappa shape index (κ3) is 6.08. The molecule has 0 aromatic heterocycles. The highest BCUT2D eigenvalue weighted by Crippen LogP contribution is 1.77. The van der Waals surface area contributed by atoms with E-state index in [-0.39, 0.29) is 0 Å². The first-order valence-electron chi connectivity index (χ1n) is 2.69. The van der Waals surface area contributed by atoms with Gasteiger partial charge in [0.1, 0.15) is 0 Å². The third-order valence-corrected chi connectivity index (χ3v) is 0.614. The number of aliphatic carboxylic acids is 1. The van der Waals surface area contributed by atoms with Gasteiger partial charge in [-0.25, -0.2) is 14.4 Å². The van der Waals surface area contributed by atoms with E-state index >= 15 is 0 Å². The predicted octanol–water partition coefficient (Wildman–Crippen LogP) is -1.25. The summed E-state index contributed by atoms with van der Waals surface area (Å²) in [4.78, 5) is 34.1. The molecule has 0 heterocycles. The van der Waals surface area contributed by atoms with Crippen molar-refractivity contribution in [2.75, 3.05) is 0 Å². The fraction of sp³-hybridized carbons (Fsp3) is 0. The molecular formula is C5H6N2O5. The van der Waals surface area contributed by atoms with Crippen LogP contribution in [0.1, 0.15) is 0 Å². The lowest BCUT2D eigenvalue weighted by molar-refractivity contribution is -0.143. The zero-order valence-electron chi connectivity index (χ0n) is 5.81. The molecule has 0 radical (unpaired) electrons. The molecular weight excluding hydrogens is 168 g/mol. The number of amides is 2. The molecule has 0 aromatic carbocycles. The Kier molecular flexibility index (Phi) is 3.91. The maximum absolute atomic E-state index is 10.4. The minimum Gasteiger partial charge on any atom is -0.478 e. The summed E-state index contributed by atoms with van der Waals surface area (Å²) < 4.78 is 0. The van der Waals surface area contributed by atoms with Crippen LogP contribution in [-0.4, -0.2) is 23.1 Å². The Bertz CT molecular complexity index is 234. The number of primary amides is 1. The van der Waals surface area contributed by atoms with Crippen LogP contribution < -0.4 is 11.2 Å². The Balaban J connectivity index is 3.75. The SMILES string of the molecule is NC(=O)NOC(=O)/C=C\C(=O)O. The number of hydroxylamine groups is 1. The Hall–Kier alpha value is -2.05. The molecule has 0 aliphatic carbocycles. The number of hydrogen-bond donors (Lipinski definition) is 3. The van der Waals surface area contributed by atoms with E-state index in [0.29, 0.717) is 12.2 Å². The molecule has 7 nitrogen and oxygen atoms in total. The summed E-state index contributed by atoms with van der Waals surface area (Å²) in [5.41, 5.74) is 6.04. The van der Waals surface area contributed by atoms with Gasteiger partial charge in [0, 0.05) is 12.2 Å². The van der Waals surface area contributed by atoms with Gasteiger partial charge in [0.25, 0.3) is 0 Å². The average molecular weight is 174 g/mol. The molecule has 0 aromatic rings. The number of nitrogens with one attached hydrogen (secondary N) is 1. The van der Waals surface area contributed by atoms with E-state index < -0.39 is 18.0 Å². The minimum atomic E-state index is -1.30. The molecule has 0 saturated carbocycles. The fourth-order valence-electron chi connectivity index (χ4n) is 0.274. The van der Waals surface area contributed by atoms with Crippen molar-refractivity contribution in [3.05, 3.63) is 12.2 Å². The molecule has 0 aliphatic rings. The van der Waals surface area contributed by atoms with E-state index in [1.165, 1.54) is 5.48 Å². The van der Waals surface area contributed by atoms with Gasteiger partial charge in [-0.15, -0.1) is 0 Å². The van der Waals surface area contributed by atoms with Crippen molar-refractivity contribution in [3.63, 3.8) is 0 Å². The topological polar surface area (TPSA) is 119 Å².